The van der Waals surface area contributed by atoms with Gasteiger partial charge in [0.25, 0.3) is 0 Å². The molecule has 1 aromatic rings. The molecule has 0 aliphatic carbocycles. The van der Waals surface area contributed by atoms with Crippen molar-refractivity contribution in [3.63, 3.8) is 0 Å². The minimum Gasteiger partial charge on any atom is -0.379 e. The smallest absolute Gasteiger partial charge is 0.379 e. The zero-order valence-electron chi connectivity index (χ0n) is 11.4. The zero-order valence-corrected chi connectivity index (χ0v) is 13.0. The maximum Gasteiger partial charge on any atom is 0.476 e. The molecule has 0 bridgehead atoms. The molecule has 2 unspecified atom stereocenters. The Bertz CT molecular complexity index is 490. The van der Waals surface area contributed by atoms with E-state index in [1.165, 1.54) is 12.0 Å². The summed E-state index contributed by atoms with van der Waals surface area (Å²) < 4.78 is 15.2. The third-order valence-corrected chi connectivity index (χ3v) is 2.84. The molecule has 1 rings (SSSR count). The van der Waals surface area contributed by atoms with E-state index in [-0.39, 0.29) is 6.10 Å². The molecule has 112 valence electrons. The summed E-state index contributed by atoms with van der Waals surface area (Å²) >= 11 is 5.04. The number of anilines is 1. The van der Waals surface area contributed by atoms with Gasteiger partial charge in [0.05, 0.1) is 11.8 Å². The molecule has 0 amide bonds. The normalized spacial score (nSPS) is 15.5. The summed E-state index contributed by atoms with van der Waals surface area (Å²) in [5, 5.41) is 1.32. The molecule has 0 aliphatic heterocycles. The topological polar surface area (TPSA) is 76.1 Å². The summed E-state index contributed by atoms with van der Waals surface area (Å²) in [7, 11) is 0. The van der Waals surface area contributed by atoms with Crippen LogP contribution in [0, 0.1) is 0 Å². The number of para-hydroxylation sites is 1. The third-order valence-electron chi connectivity index (χ3n) is 2.23. The molecule has 0 spiro atoms. The highest BCUT2D eigenvalue weighted by Crippen LogP contribution is 2.48. The van der Waals surface area contributed by atoms with Crippen LogP contribution in [0.3, 0.4) is 0 Å². The van der Waals surface area contributed by atoms with E-state index in [1.807, 2.05) is 6.07 Å². The fourth-order valence-electron chi connectivity index (χ4n) is 1.46. The molecule has 0 saturated carbocycles. The summed E-state index contributed by atoms with van der Waals surface area (Å²) in [6.45, 7) is 0.686. The lowest BCUT2D eigenvalue weighted by Crippen LogP contribution is -2.41. The lowest BCUT2D eigenvalue weighted by Gasteiger charge is -2.30. The first kappa shape index (κ1) is 17.0. The van der Waals surface area contributed by atoms with Crippen LogP contribution in [0.2, 0.25) is 0 Å². The molecule has 1 aromatic carbocycles. The second kappa shape index (κ2) is 7.09. The van der Waals surface area contributed by atoms with Crippen LogP contribution >= 0.6 is 18.2 Å². The number of hydroxylamine groups is 1. The van der Waals surface area contributed by atoms with Crippen LogP contribution in [-0.2, 0) is 18.7 Å². The molecule has 1 N–H and O–H groups in total. The SMILES string of the molecule is CC(C)ON(c1ccccc1)C(C)C(=O)OP(=O)(O)Cl. The summed E-state index contributed by atoms with van der Waals surface area (Å²) in [6, 6.07) is 7.93. The summed E-state index contributed by atoms with van der Waals surface area (Å²) in [4.78, 5) is 26.2. The Morgan fingerprint density at radius 3 is 2.30 bits per heavy atom. The molecule has 0 aromatic heterocycles. The quantitative estimate of drug-likeness (QED) is 0.641. The second-order valence-corrected chi connectivity index (χ2v) is 6.72. The van der Waals surface area contributed by atoms with Crippen molar-refractivity contribution in [1.82, 2.24) is 0 Å². The Balaban J connectivity index is 2.94. The number of carbonyl (C=O) groups excluding carboxylic acids is 1. The van der Waals surface area contributed by atoms with Crippen molar-refractivity contribution >= 4 is 29.8 Å². The van der Waals surface area contributed by atoms with Gasteiger partial charge < -0.3 is 9.42 Å². The van der Waals surface area contributed by atoms with Gasteiger partial charge in [0, 0.05) is 11.2 Å². The highest BCUT2D eigenvalue weighted by molar-refractivity contribution is 7.80. The van der Waals surface area contributed by atoms with Crippen LogP contribution in [0.4, 0.5) is 5.69 Å². The molecule has 0 radical (unpaired) electrons. The van der Waals surface area contributed by atoms with E-state index in [4.69, 9.17) is 21.0 Å². The zero-order chi connectivity index (χ0) is 15.3. The average molecular weight is 322 g/mol. The summed E-state index contributed by atoms with van der Waals surface area (Å²) in [5.74, 6) is -0.949. The van der Waals surface area contributed by atoms with Crippen molar-refractivity contribution in [2.45, 2.75) is 32.9 Å². The van der Waals surface area contributed by atoms with Gasteiger partial charge >= 0.3 is 12.9 Å². The van der Waals surface area contributed by atoms with Crippen LogP contribution < -0.4 is 5.06 Å². The van der Waals surface area contributed by atoms with E-state index in [0.717, 1.165) is 0 Å². The predicted octanol–water partition coefficient (Wildman–Crippen LogP) is 3.10. The first-order chi connectivity index (χ1) is 9.20. The van der Waals surface area contributed by atoms with Gasteiger partial charge in [-0.15, -0.1) is 0 Å². The Kier molecular flexibility index (Phi) is 6.02. The van der Waals surface area contributed by atoms with Crippen LogP contribution in [0.1, 0.15) is 20.8 Å². The van der Waals surface area contributed by atoms with E-state index in [9.17, 15) is 9.36 Å². The van der Waals surface area contributed by atoms with Gasteiger partial charge in [-0.05, 0) is 32.9 Å². The maximum atomic E-state index is 11.8. The lowest BCUT2D eigenvalue weighted by molar-refractivity contribution is -0.138. The van der Waals surface area contributed by atoms with Gasteiger partial charge in [-0.1, -0.05) is 18.2 Å². The van der Waals surface area contributed by atoms with E-state index >= 15 is 0 Å². The fourth-order valence-corrected chi connectivity index (χ4v) is 2.04. The molecule has 0 heterocycles. The van der Waals surface area contributed by atoms with Gasteiger partial charge in [-0.25, -0.2) is 14.4 Å². The molecule has 0 aliphatic rings. The Morgan fingerprint density at radius 1 is 1.30 bits per heavy atom. The molecular formula is C12H17ClNO5P. The minimum absolute atomic E-state index is 0.192. The average Bonchev–Trinajstić information content (AvgIpc) is 2.34. The number of nitrogens with zero attached hydrogens (tertiary/aromatic N) is 1. The van der Waals surface area contributed by atoms with Crippen molar-refractivity contribution in [1.29, 1.82) is 0 Å². The van der Waals surface area contributed by atoms with E-state index < -0.39 is 19.0 Å². The Hall–Kier alpha value is -1.07. The van der Waals surface area contributed by atoms with Crippen molar-refractivity contribution in [3.05, 3.63) is 30.3 Å². The standard InChI is InChI=1S/C12H17ClNO5P/c1-9(2)18-14(11-7-5-4-6-8-11)10(3)12(15)19-20(13,16)17/h4-10H,1-3H3,(H,16,17). The number of benzene rings is 1. The van der Waals surface area contributed by atoms with E-state index in [0.29, 0.717) is 5.69 Å². The van der Waals surface area contributed by atoms with Crippen LogP contribution in [-0.4, -0.2) is 23.0 Å². The van der Waals surface area contributed by atoms with Gasteiger partial charge in [0.2, 0.25) is 0 Å². The number of halogens is 1. The molecule has 0 fully saturated rings. The Morgan fingerprint density at radius 2 is 1.85 bits per heavy atom. The minimum atomic E-state index is -4.40. The Labute approximate surface area is 122 Å². The van der Waals surface area contributed by atoms with Crippen LogP contribution in [0.25, 0.3) is 0 Å². The molecular weight excluding hydrogens is 305 g/mol. The van der Waals surface area contributed by atoms with Crippen molar-refractivity contribution < 1.29 is 23.6 Å². The van der Waals surface area contributed by atoms with E-state index in [2.05, 4.69) is 4.52 Å². The lowest BCUT2D eigenvalue weighted by atomic mass is 10.2. The molecule has 8 heteroatoms. The highest BCUT2D eigenvalue weighted by Gasteiger charge is 2.30. The van der Waals surface area contributed by atoms with Crippen molar-refractivity contribution in [2.75, 3.05) is 5.06 Å². The molecule has 0 saturated heterocycles. The number of hydrogen-bond donors (Lipinski definition) is 1. The number of hydrogen-bond acceptors (Lipinski definition) is 5. The molecule has 6 nitrogen and oxygen atoms in total. The maximum absolute atomic E-state index is 11.8. The van der Waals surface area contributed by atoms with Crippen LogP contribution in [0.15, 0.2) is 30.3 Å². The van der Waals surface area contributed by atoms with Gasteiger partial charge in [-0.3, -0.25) is 4.84 Å². The van der Waals surface area contributed by atoms with Crippen molar-refractivity contribution in [3.8, 4) is 0 Å². The third kappa shape index (κ3) is 5.51. The van der Waals surface area contributed by atoms with Crippen LogP contribution in [0.5, 0.6) is 0 Å². The van der Waals surface area contributed by atoms with Gasteiger partial charge in [0.1, 0.15) is 0 Å². The van der Waals surface area contributed by atoms with Crippen molar-refractivity contribution in [2.24, 2.45) is 0 Å². The fraction of sp³-hybridized carbons (Fsp3) is 0.417. The number of rotatable bonds is 6. The summed E-state index contributed by atoms with van der Waals surface area (Å²) in [6.07, 6.45) is -0.192. The highest BCUT2D eigenvalue weighted by atomic mass is 35.7. The summed E-state index contributed by atoms with van der Waals surface area (Å²) in [5.41, 5.74) is 0.619. The van der Waals surface area contributed by atoms with E-state index in [1.54, 1.807) is 38.1 Å². The largest absolute Gasteiger partial charge is 0.476 e. The molecule has 2 atom stereocenters. The second-order valence-electron chi connectivity index (χ2n) is 4.35. The first-order valence-electron chi connectivity index (χ1n) is 5.97. The van der Waals surface area contributed by atoms with Gasteiger partial charge in [-0.2, -0.15) is 0 Å². The predicted molar refractivity (Wildman–Crippen MR) is 76.4 cm³/mol. The molecule has 20 heavy (non-hydrogen) atoms. The first-order valence-corrected chi connectivity index (χ1v) is 8.46. The number of carbonyl (C=O) groups is 1. The van der Waals surface area contributed by atoms with Gasteiger partial charge in [0.15, 0.2) is 6.04 Å². The monoisotopic (exact) mass is 321 g/mol.